The highest BCUT2D eigenvalue weighted by molar-refractivity contribution is 7.89. The Bertz CT molecular complexity index is 900. The van der Waals surface area contributed by atoms with Gasteiger partial charge in [0.2, 0.25) is 10.0 Å². The van der Waals surface area contributed by atoms with Gasteiger partial charge in [-0.15, -0.1) is 0 Å². The molecule has 2 rings (SSSR count). The minimum Gasteiger partial charge on any atom is -0.322 e. The summed E-state index contributed by atoms with van der Waals surface area (Å²) in [7, 11) is -3.68. The van der Waals surface area contributed by atoms with Gasteiger partial charge in [0.15, 0.2) is 0 Å². The number of hydrogen-bond acceptors (Lipinski definition) is 4. The molecule has 1 unspecified atom stereocenters. The van der Waals surface area contributed by atoms with Crippen molar-refractivity contribution in [3.05, 3.63) is 59.7 Å². The van der Waals surface area contributed by atoms with Crippen molar-refractivity contribution in [2.24, 2.45) is 0 Å². The summed E-state index contributed by atoms with van der Waals surface area (Å²) in [5, 5.41) is 11.5. The molecule has 0 aliphatic heterocycles. The quantitative estimate of drug-likeness (QED) is 0.830. The summed E-state index contributed by atoms with van der Waals surface area (Å²) < 4.78 is 27.2. The van der Waals surface area contributed by atoms with Gasteiger partial charge in [-0.2, -0.15) is 5.26 Å². The topological polar surface area (TPSA) is 99.1 Å². The lowest BCUT2D eigenvalue weighted by molar-refractivity contribution is 0.102. The van der Waals surface area contributed by atoms with Crippen LogP contribution >= 0.6 is 0 Å². The SMILES string of the molecule is CCC(C)NS(=O)(=O)c1cccc(C(=O)Nc2ccc(C#N)cc2)c1. The second-order valence-electron chi connectivity index (χ2n) is 5.60. The first-order valence-electron chi connectivity index (χ1n) is 7.79. The second-order valence-corrected chi connectivity index (χ2v) is 7.32. The molecule has 0 aliphatic carbocycles. The number of hydrogen-bond donors (Lipinski definition) is 2. The van der Waals surface area contributed by atoms with Crippen LogP contribution in [0.15, 0.2) is 53.4 Å². The van der Waals surface area contributed by atoms with E-state index in [4.69, 9.17) is 5.26 Å². The Morgan fingerprint density at radius 1 is 1.20 bits per heavy atom. The molecule has 0 spiro atoms. The highest BCUT2D eigenvalue weighted by Crippen LogP contribution is 2.15. The van der Waals surface area contributed by atoms with Gasteiger partial charge in [-0.05, 0) is 55.8 Å². The number of nitrogens with zero attached hydrogens (tertiary/aromatic N) is 1. The predicted molar refractivity (Wildman–Crippen MR) is 95.6 cm³/mol. The fraction of sp³-hybridized carbons (Fsp3) is 0.222. The van der Waals surface area contributed by atoms with E-state index in [1.165, 1.54) is 18.2 Å². The summed E-state index contributed by atoms with van der Waals surface area (Å²) >= 11 is 0. The lowest BCUT2D eigenvalue weighted by Crippen LogP contribution is -2.32. The Hall–Kier alpha value is -2.69. The van der Waals surface area contributed by atoms with Crippen LogP contribution < -0.4 is 10.0 Å². The number of nitrogens with one attached hydrogen (secondary N) is 2. The van der Waals surface area contributed by atoms with Crippen molar-refractivity contribution in [3.8, 4) is 6.07 Å². The summed E-state index contributed by atoms with van der Waals surface area (Å²) in [5.74, 6) is -0.426. The molecule has 0 bridgehead atoms. The number of benzene rings is 2. The summed E-state index contributed by atoms with van der Waals surface area (Å²) in [6.07, 6.45) is 0.665. The lowest BCUT2D eigenvalue weighted by Gasteiger charge is -2.13. The van der Waals surface area contributed by atoms with Gasteiger partial charge in [0.25, 0.3) is 5.91 Å². The summed E-state index contributed by atoms with van der Waals surface area (Å²) in [5.41, 5.74) is 1.24. The zero-order valence-corrected chi connectivity index (χ0v) is 14.8. The van der Waals surface area contributed by atoms with Crippen molar-refractivity contribution in [1.29, 1.82) is 5.26 Å². The van der Waals surface area contributed by atoms with Gasteiger partial charge >= 0.3 is 0 Å². The van der Waals surface area contributed by atoms with E-state index in [0.29, 0.717) is 17.7 Å². The average molecular weight is 357 g/mol. The van der Waals surface area contributed by atoms with E-state index < -0.39 is 15.9 Å². The van der Waals surface area contributed by atoms with Crippen molar-refractivity contribution >= 4 is 21.6 Å². The molecule has 0 heterocycles. The standard InChI is InChI=1S/C18H19N3O3S/c1-3-13(2)21-25(23,24)17-6-4-5-15(11-17)18(22)20-16-9-7-14(12-19)8-10-16/h4-11,13,21H,3H2,1-2H3,(H,20,22). The molecule has 2 aromatic carbocycles. The molecular weight excluding hydrogens is 338 g/mol. The Balaban J connectivity index is 2.19. The van der Waals surface area contributed by atoms with Gasteiger partial charge in [-0.25, -0.2) is 13.1 Å². The lowest BCUT2D eigenvalue weighted by atomic mass is 10.2. The predicted octanol–water partition coefficient (Wildman–Crippen LogP) is 2.89. The molecular formula is C18H19N3O3S. The van der Waals surface area contributed by atoms with Crippen molar-refractivity contribution < 1.29 is 13.2 Å². The number of rotatable bonds is 6. The molecule has 25 heavy (non-hydrogen) atoms. The molecule has 6 nitrogen and oxygen atoms in total. The maximum atomic E-state index is 12.3. The summed E-state index contributed by atoms with van der Waals surface area (Å²) in [4.78, 5) is 12.4. The average Bonchev–Trinajstić information content (AvgIpc) is 2.62. The third-order valence-corrected chi connectivity index (χ3v) is 5.23. The Labute approximate surface area is 147 Å². The van der Waals surface area contributed by atoms with Gasteiger partial charge in [0, 0.05) is 17.3 Å². The van der Waals surface area contributed by atoms with Crippen LogP contribution in [0.3, 0.4) is 0 Å². The van der Waals surface area contributed by atoms with Crippen LogP contribution in [0.25, 0.3) is 0 Å². The van der Waals surface area contributed by atoms with Gasteiger partial charge in [-0.1, -0.05) is 13.0 Å². The molecule has 7 heteroatoms. The number of carbonyl (C=O) groups excluding carboxylic acids is 1. The molecule has 0 aliphatic rings. The van der Waals surface area contributed by atoms with Crippen LogP contribution in [0.4, 0.5) is 5.69 Å². The van der Waals surface area contributed by atoms with E-state index in [9.17, 15) is 13.2 Å². The first-order chi connectivity index (χ1) is 11.9. The zero-order chi connectivity index (χ0) is 18.4. The molecule has 130 valence electrons. The van der Waals surface area contributed by atoms with Crippen LogP contribution in [0, 0.1) is 11.3 Å². The van der Waals surface area contributed by atoms with E-state index in [-0.39, 0.29) is 16.5 Å². The third kappa shape index (κ3) is 4.89. The fourth-order valence-corrected chi connectivity index (χ4v) is 3.42. The normalized spacial score (nSPS) is 12.2. The maximum absolute atomic E-state index is 12.3. The fourth-order valence-electron chi connectivity index (χ4n) is 2.05. The smallest absolute Gasteiger partial charge is 0.255 e. The molecule has 0 saturated carbocycles. The van der Waals surface area contributed by atoms with Crippen LogP contribution in [0.1, 0.15) is 36.2 Å². The maximum Gasteiger partial charge on any atom is 0.255 e. The van der Waals surface area contributed by atoms with Gasteiger partial charge < -0.3 is 5.32 Å². The van der Waals surface area contributed by atoms with Crippen LogP contribution in [-0.2, 0) is 10.0 Å². The van der Waals surface area contributed by atoms with Crippen molar-refractivity contribution in [3.63, 3.8) is 0 Å². The van der Waals surface area contributed by atoms with Crippen LogP contribution in [0.2, 0.25) is 0 Å². The van der Waals surface area contributed by atoms with E-state index in [2.05, 4.69) is 10.0 Å². The monoisotopic (exact) mass is 357 g/mol. The van der Waals surface area contributed by atoms with Gasteiger partial charge in [0.1, 0.15) is 0 Å². The molecule has 0 saturated heterocycles. The van der Waals surface area contributed by atoms with E-state index in [1.807, 2.05) is 13.0 Å². The van der Waals surface area contributed by atoms with E-state index in [1.54, 1.807) is 37.3 Å². The Kier molecular flexibility index (Phi) is 5.91. The number of anilines is 1. The largest absolute Gasteiger partial charge is 0.322 e. The summed E-state index contributed by atoms with van der Waals surface area (Å²) in [6.45, 7) is 3.66. The second kappa shape index (κ2) is 7.92. The third-order valence-electron chi connectivity index (χ3n) is 3.65. The minimum atomic E-state index is -3.68. The van der Waals surface area contributed by atoms with Crippen molar-refractivity contribution in [2.45, 2.75) is 31.2 Å². The van der Waals surface area contributed by atoms with Gasteiger partial charge in [0.05, 0.1) is 16.5 Å². The van der Waals surface area contributed by atoms with Crippen LogP contribution in [0.5, 0.6) is 0 Å². The first kappa shape index (κ1) is 18.6. The van der Waals surface area contributed by atoms with Gasteiger partial charge in [-0.3, -0.25) is 4.79 Å². The molecule has 0 aromatic heterocycles. The molecule has 0 fully saturated rings. The highest BCUT2D eigenvalue weighted by atomic mass is 32.2. The number of carbonyl (C=O) groups is 1. The van der Waals surface area contributed by atoms with Crippen LogP contribution in [-0.4, -0.2) is 20.4 Å². The Morgan fingerprint density at radius 3 is 2.48 bits per heavy atom. The van der Waals surface area contributed by atoms with E-state index >= 15 is 0 Å². The molecule has 1 atom stereocenters. The molecule has 0 radical (unpaired) electrons. The number of amides is 1. The minimum absolute atomic E-state index is 0.0419. The molecule has 2 N–H and O–H groups in total. The van der Waals surface area contributed by atoms with E-state index in [0.717, 1.165) is 0 Å². The number of nitriles is 1. The molecule has 1 amide bonds. The number of sulfonamides is 1. The zero-order valence-electron chi connectivity index (χ0n) is 14.0. The van der Waals surface area contributed by atoms with Crippen molar-refractivity contribution in [2.75, 3.05) is 5.32 Å². The first-order valence-corrected chi connectivity index (χ1v) is 9.28. The van der Waals surface area contributed by atoms with Crippen molar-refractivity contribution in [1.82, 2.24) is 4.72 Å². The Morgan fingerprint density at radius 2 is 1.88 bits per heavy atom. The molecule has 2 aromatic rings. The highest BCUT2D eigenvalue weighted by Gasteiger charge is 2.18. The summed E-state index contributed by atoms with van der Waals surface area (Å²) in [6, 6.07) is 14.1.